The standard InChI is InChI=1S/C16H22N2O2/c1-2-20-16(19)13-9-12(17)7-8-14(13)18-15(10-3-4-10)11-5-6-11/h7-11,15,18H,2-6,17H2,1H3. The van der Waals surface area contributed by atoms with Crippen LogP contribution in [0.1, 0.15) is 43.0 Å². The van der Waals surface area contributed by atoms with Crippen molar-refractivity contribution >= 4 is 17.3 Å². The Labute approximate surface area is 119 Å². The fraction of sp³-hybridized carbons (Fsp3) is 0.562. The van der Waals surface area contributed by atoms with E-state index in [2.05, 4.69) is 5.32 Å². The van der Waals surface area contributed by atoms with Crippen LogP contribution in [-0.4, -0.2) is 18.6 Å². The minimum Gasteiger partial charge on any atom is -0.462 e. The van der Waals surface area contributed by atoms with Gasteiger partial charge in [0.1, 0.15) is 0 Å². The zero-order valence-electron chi connectivity index (χ0n) is 11.9. The summed E-state index contributed by atoms with van der Waals surface area (Å²) in [5.74, 6) is 1.25. The van der Waals surface area contributed by atoms with E-state index in [9.17, 15) is 4.79 Å². The van der Waals surface area contributed by atoms with E-state index in [0.717, 1.165) is 17.5 Å². The molecule has 2 saturated carbocycles. The monoisotopic (exact) mass is 274 g/mol. The first-order valence-electron chi connectivity index (χ1n) is 7.52. The maximum absolute atomic E-state index is 12.1. The number of carbonyl (C=O) groups is 1. The van der Waals surface area contributed by atoms with Crippen LogP contribution in [0.15, 0.2) is 18.2 Å². The Morgan fingerprint density at radius 3 is 2.55 bits per heavy atom. The molecule has 0 unspecified atom stereocenters. The first kappa shape index (κ1) is 13.3. The first-order chi connectivity index (χ1) is 9.69. The van der Waals surface area contributed by atoms with Gasteiger partial charge in [-0.1, -0.05) is 0 Å². The van der Waals surface area contributed by atoms with E-state index in [1.807, 2.05) is 19.1 Å². The highest BCUT2D eigenvalue weighted by Crippen LogP contribution is 2.46. The highest BCUT2D eigenvalue weighted by atomic mass is 16.5. The van der Waals surface area contributed by atoms with Gasteiger partial charge >= 0.3 is 5.97 Å². The molecule has 3 rings (SSSR count). The summed E-state index contributed by atoms with van der Waals surface area (Å²) in [6.45, 7) is 2.19. The molecule has 2 aliphatic rings. The highest BCUT2D eigenvalue weighted by Gasteiger charge is 2.41. The Morgan fingerprint density at radius 1 is 1.35 bits per heavy atom. The largest absolute Gasteiger partial charge is 0.462 e. The molecule has 20 heavy (non-hydrogen) atoms. The van der Waals surface area contributed by atoms with E-state index in [0.29, 0.717) is 23.9 Å². The zero-order chi connectivity index (χ0) is 14.1. The van der Waals surface area contributed by atoms with Crippen molar-refractivity contribution in [2.45, 2.75) is 38.6 Å². The quantitative estimate of drug-likeness (QED) is 0.618. The number of hydrogen-bond donors (Lipinski definition) is 2. The minimum absolute atomic E-state index is 0.298. The summed E-state index contributed by atoms with van der Waals surface area (Å²) in [7, 11) is 0. The van der Waals surface area contributed by atoms with E-state index in [-0.39, 0.29) is 5.97 Å². The molecule has 0 radical (unpaired) electrons. The van der Waals surface area contributed by atoms with Crippen molar-refractivity contribution in [2.75, 3.05) is 17.7 Å². The number of rotatable bonds is 6. The molecule has 1 aromatic rings. The number of anilines is 2. The molecule has 2 fully saturated rings. The van der Waals surface area contributed by atoms with Crippen molar-refractivity contribution in [1.29, 1.82) is 0 Å². The third-order valence-corrected chi connectivity index (χ3v) is 4.12. The maximum atomic E-state index is 12.1. The Bertz CT molecular complexity index is 495. The molecule has 0 aromatic heterocycles. The molecule has 4 nitrogen and oxygen atoms in total. The van der Waals surface area contributed by atoms with Crippen LogP contribution in [-0.2, 0) is 4.74 Å². The first-order valence-corrected chi connectivity index (χ1v) is 7.52. The molecule has 108 valence electrons. The van der Waals surface area contributed by atoms with Crippen molar-refractivity contribution in [3.8, 4) is 0 Å². The molecule has 4 heteroatoms. The van der Waals surface area contributed by atoms with Crippen LogP contribution in [0.4, 0.5) is 11.4 Å². The van der Waals surface area contributed by atoms with Crippen LogP contribution in [0.25, 0.3) is 0 Å². The SMILES string of the molecule is CCOC(=O)c1cc(N)ccc1NC(C1CC1)C1CC1. The second-order valence-electron chi connectivity index (χ2n) is 5.87. The molecule has 0 saturated heterocycles. The van der Waals surface area contributed by atoms with Gasteiger partial charge in [-0.3, -0.25) is 0 Å². The van der Waals surface area contributed by atoms with Crippen molar-refractivity contribution < 1.29 is 9.53 Å². The van der Waals surface area contributed by atoms with Crippen LogP contribution >= 0.6 is 0 Å². The molecule has 3 N–H and O–H groups in total. The Morgan fingerprint density at radius 2 is 2.00 bits per heavy atom. The van der Waals surface area contributed by atoms with Crippen LogP contribution < -0.4 is 11.1 Å². The third kappa shape index (κ3) is 2.89. The van der Waals surface area contributed by atoms with Crippen molar-refractivity contribution in [3.63, 3.8) is 0 Å². The van der Waals surface area contributed by atoms with Crippen LogP contribution in [0.5, 0.6) is 0 Å². The third-order valence-electron chi connectivity index (χ3n) is 4.12. The topological polar surface area (TPSA) is 64.3 Å². The molecule has 0 atom stereocenters. The summed E-state index contributed by atoms with van der Waals surface area (Å²) in [5, 5.41) is 3.58. The highest BCUT2D eigenvalue weighted by molar-refractivity contribution is 5.96. The molecule has 0 spiro atoms. The van der Waals surface area contributed by atoms with E-state index >= 15 is 0 Å². The lowest BCUT2D eigenvalue weighted by Crippen LogP contribution is -2.25. The number of nitrogens with two attached hydrogens (primary N) is 1. The summed E-state index contributed by atoms with van der Waals surface area (Å²) in [4.78, 5) is 12.1. The molecule has 0 amide bonds. The lowest BCUT2D eigenvalue weighted by Gasteiger charge is -2.21. The van der Waals surface area contributed by atoms with Crippen LogP contribution in [0, 0.1) is 11.8 Å². The molecular weight excluding hydrogens is 252 g/mol. The van der Waals surface area contributed by atoms with Gasteiger partial charge in [-0.2, -0.15) is 0 Å². The van der Waals surface area contributed by atoms with Gasteiger partial charge in [0.25, 0.3) is 0 Å². The number of hydrogen-bond acceptors (Lipinski definition) is 4. The predicted molar refractivity (Wildman–Crippen MR) is 79.7 cm³/mol. The molecule has 0 heterocycles. The number of benzene rings is 1. The number of nitrogens with one attached hydrogen (secondary N) is 1. The summed E-state index contributed by atoms with van der Waals surface area (Å²) in [5.41, 5.74) is 7.81. The molecule has 0 aliphatic heterocycles. The average Bonchev–Trinajstić information content (AvgIpc) is 3.28. The van der Waals surface area contributed by atoms with Gasteiger partial charge in [0.2, 0.25) is 0 Å². The lowest BCUT2D eigenvalue weighted by atomic mass is 10.1. The van der Waals surface area contributed by atoms with E-state index in [1.54, 1.807) is 6.07 Å². The Kier molecular flexibility index (Phi) is 3.55. The average molecular weight is 274 g/mol. The summed E-state index contributed by atoms with van der Waals surface area (Å²) < 4.78 is 5.12. The predicted octanol–water partition coefficient (Wildman–Crippen LogP) is 3.05. The number of nitrogen functional groups attached to an aromatic ring is 1. The lowest BCUT2D eigenvalue weighted by molar-refractivity contribution is 0.0527. The van der Waals surface area contributed by atoms with Gasteiger partial charge in [0, 0.05) is 17.4 Å². The fourth-order valence-electron chi connectivity index (χ4n) is 2.78. The summed E-state index contributed by atoms with van der Waals surface area (Å²) in [6, 6.07) is 5.95. The molecule has 0 bridgehead atoms. The summed E-state index contributed by atoms with van der Waals surface area (Å²) >= 11 is 0. The smallest absolute Gasteiger partial charge is 0.340 e. The fourth-order valence-corrected chi connectivity index (χ4v) is 2.78. The van der Waals surface area contributed by atoms with Gasteiger partial charge in [0.15, 0.2) is 0 Å². The normalized spacial score (nSPS) is 18.1. The van der Waals surface area contributed by atoms with Gasteiger partial charge in [0.05, 0.1) is 12.2 Å². The molecular formula is C16H22N2O2. The van der Waals surface area contributed by atoms with Gasteiger partial charge < -0.3 is 15.8 Å². The van der Waals surface area contributed by atoms with E-state index in [1.165, 1.54) is 25.7 Å². The van der Waals surface area contributed by atoms with Crippen molar-refractivity contribution in [3.05, 3.63) is 23.8 Å². The summed E-state index contributed by atoms with van der Waals surface area (Å²) in [6.07, 6.45) is 5.21. The minimum atomic E-state index is -0.298. The molecule has 2 aliphatic carbocycles. The number of ether oxygens (including phenoxy) is 1. The Balaban J connectivity index is 1.81. The van der Waals surface area contributed by atoms with Gasteiger partial charge in [-0.05, 0) is 62.6 Å². The number of carbonyl (C=O) groups excluding carboxylic acids is 1. The Hall–Kier alpha value is -1.71. The second-order valence-corrected chi connectivity index (χ2v) is 5.87. The maximum Gasteiger partial charge on any atom is 0.340 e. The second kappa shape index (κ2) is 5.35. The van der Waals surface area contributed by atoms with Gasteiger partial charge in [-0.15, -0.1) is 0 Å². The van der Waals surface area contributed by atoms with Crippen LogP contribution in [0.2, 0.25) is 0 Å². The van der Waals surface area contributed by atoms with E-state index in [4.69, 9.17) is 10.5 Å². The zero-order valence-corrected chi connectivity index (χ0v) is 11.9. The molecule has 1 aromatic carbocycles. The van der Waals surface area contributed by atoms with Crippen molar-refractivity contribution in [2.24, 2.45) is 11.8 Å². The van der Waals surface area contributed by atoms with Gasteiger partial charge in [-0.25, -0.2) is 4.79 Å². The number of esters is 1. The van der Waals surface area contributed by atoms with Crippen LogP contribution in [0.3, 0.4) is 0 Å². The van der Waals surface area contributed by atoms with Crippen molar-refractivity contribution in [1.82, 2.24) is 0 Å². The van der Waals surface area contributed by atoms with E-state index < -0.39 is 0 Å².